The summed E-state index contributed by atoms with van der Waals surface area (Å²) in [5, 5.41) is 1.06. The van der Waals surface area contributed by atoms with Gasteiger partial charge in [0, 0.05) is 35.4 Å². The summed E-state index contributed by atoms with van der Waals surface area (Å²) in [6.07, 6.45) is 0.857. The molecule has 0 aliphatic carbocycles. The molecule has 0 saturated heterocycles. The minimum absolute atomic E-state index is 0.0126. The normalized spacial score (nSPS) is 11.4. The maximum Gasteiger partial charge on any atom is 0.272 e. The Hall–Kier alpha value is -2.44. The van der Waals surface area contributed by atoms with Crippen molar-refractivity contribution in [3.05, 3.63) is 69.2 Å². The van der Waals surface area contributed by atoms with Gasteiger partial charge in [-0.15, -0.1) is 11.3 Å². The van der Waals surface area contributed by atoms with E-state index in [1.54, 1.807) is 4.57 Å². The van der Waals surface area contributed by atoms with Crippen LogP contribution in [0.15, 0.2) is 53.3 Å². The van der Waals surface area contributed by atoms with Crippen molar-refractivity contribution in [2.75, 3.05) is 18.0 Å². The lowest BCUT2D eigenvalue weighted by molar-refractivity contribution is 0.600. The standard InChI is InChI=1S/C22H23N3OS2/c1-3-24(16-9-6-8-15(2)14-16)12-7-13-25-21(26)20-19(23-22(25)27)17-10-4-5-11-18(17)28-20/h4-6,8-11,14H,3,7,12-13H2,1-2H3,(H,23,27). The molecule has 2 aromatic carbocycles. The van der Waals surface area contributed by atoms with Crippen LogP contribution in [0, 0.1) is 11.7 Å². The van der Waals surface area contributed by atoms with Crippen molar-refractivity contribution in [2.24, 2.45) is 0 Å². The van der Waals surface area contributed by atoms with Gasteiger partial charge in [-0.25, -0.2) is 0 Å². The number of rotatable bonds is 6. The van der Waals surface area contributed by atoms with E-state index in [2.05, 4.69) is 48.0 Å². The Morgan fingerprint density at radius 3 is 2.79 bits per heavy atom. The molecule has 2 aromatic heterocycles. The van der Waals surface area contributed by atoms with Crippen LogP contribution in [0.4, 0.5) is 5.69 Å². The molecule has 144 valence electrons. The average molecular weight is 410 g/mol. The molecular formula is C22H23N3OS2. The van der Waals surface area contributed by atoms with Crippen molar-refractivity contribution in [1.82, 2.24) is 9.55 Å². The van der Waals surface area contributed by atoms with E-state index in [4.69, 9.17) is 12.2 Å². The highest BCUT2D eigenvalue weighted by atomic mass is 32.1. The fraction of sp³-hybridized carbons (Fsp3) is 0.273. The van der Waals surface area contributed by atoms with Gasteiger partial charge in [-0.1, -0.05) is 30.3 Å². The van der Waals surface area contributed by atoms with E-state index in [0.29, 0.717) is 11.3 Å². The van der Waals surface area contributed by atoms with E-state index in [-0.39, 0.29) is 5.56 Å². The van der Waals surface area contributed by atoms with Crippen LogP contribution in [0.5, 0.6) is 0 Å². The first-order valence-electron chi connectivity index (χ1n) is 9.54. The van der Waals surface area contributed by atoms with Gasteiger partial charge in [0.25, 0.3) is 5.56 Å². The summed E-state index contributed by atoms with van der Waals surface area (Å²) in [5.74, 6) is 0. The second kappa shape index (κ2) is 7.89. The van der Waals surface area contributed by atoms with E-state index >= 15 is 0 Å². The minimum Gasteiger partial charge on any atom is -0.372 e. The highest BCUT2D eigenvalue weighted by Crippen LogP contribution is 2.29. The van der Waals surface area contributed by atoms with Gasteiger partial charge in [0.15, 0.2) is 4.77 Å². The Kier molecular flexibility index (Phi) is 5.33. The van der Waals surface area contributed by atoms with Crippen LogP contribution >= 0.6 is 23.6 Å². The van der Waals surface area contributed by atoms with Gasteiger partial charge in [0.05, 0.1) is 5.52 Å². The molecule has 0 saturated carbocycles. The first-order valence-corrected chi connectivity index (χ1v) is 10.8. The Labute approximate surface area is 173 Å². The number of aromatic nitrogens is 2. The molecule has 4 aromatic rings. The summed E-state index contributed by atoms with van der Waals surface area (Å²) in [4.78, 5) is 18.7. The SMILES string of the molecule is CCN(CCCn1c(=S)[nH]c2c(sc3ccccc32)c1=O)c1cccc(C)c1. The van der Waals surface area contributed by atoms with Gasteiger partial charge in [0.2, 0.25) is 0 Å². The third kappa shape index (κ3) is 3.50. The van der Waals surface area contributed by atoms with Crippen LogP contribution in [0.25, 0.3) is 20.3 Å². The van der Waals surface area contributed by atoms with Gasteiger partial charge in [-0.3, -0.25) is 9.36 Å². The lowest BCUT2D eigenvalue weighted by atomic mass is 10.2. The molecule has 0 aliphatic heterocycles. The summed E-state index contributed by atoms with van der Waals surface area (Å²) < 4.78 is 4.06. The number of thiophene rings is 1. The minimum atomic E-state index is 0.0126. The van der Waals surface area contributed by atoms with E-state index in [1.165, 1.54) is 22.6 Å². The number of aromatic amines is 1. The van der Waals surface area contributed by atoms with E-state index < -0.39 is 0 Å². The number of aryl methyl sites for hydroxylation is 1. The molecule has 0 fully saturated rings. The fourth-order valence-electron chi connectivity index (χ4n) is 3.63. The number of H-pyrrole nitrogens is 1. The molecule has 2 heterocycles. The third-order valence-corrected chi connectivity index (χ3v) is 6.55. The highest BCUT2D eigenvalue weighted by molar-refractivity contribution is 7.71. The summed E-state index contributed by atoms with van der Waals surface area (Å²) in [6.45, 7) is 6.69. The van der Waals surface area contributed by atoms with Crippen LogP contribution in [-0.4, -0.2) is 22.6 Å². The van der Waals surface area contributed by atoms with Crippen molar-refractivity contribution >= 4 is 49.5 Å². The largest absolute Gasteiger partial charge is 0.372 e. The molecule has 1 N–H and O–H groups in total. The van der Waals surface area contributed by atoms with Crippen LogP contribution in [0.2, 0.25) is 0 Å². The van der Waals surface area contributed by atoms with Crippen molar-refractivity contribution in [3.63, 3.8) is 0 Å². The van der Waals surface area contributed by atoms with Gasteiger partial charge < -0.3 is 9.88 Å². The highest BCUT2D eigenvalue weighted by Gasteiger charge is 2.12. The van der Waals surface area contributed by atoms with Crippen LogP contribution in [-0.2, 0) is 6.54 Å². The molecule has 0 bridgehead atoms. The quantitative estimate of drug-likeness (QED) is 0.428. The number of hydrogen-bond donors (Lipinski definition) is 1. The zero-order valence-corrected chi connectivity index (χ0v) is 17.7. The van der Waals surface area contributed by atoms with Crippen LogP contribution in [0.3, 0.4) is 0 Å². The van der Waals surface area contributed by atoms with Crippen LogP contribution < -0.4 is 10.5 Å². The van der Waals surface area contributed by atoms with Gasteiger partial charge >= 0.3 is 0 Å². The number of anilines is 1. The second-order valence-electron chi connectivity index (χ2n) is 6.96. The molecule has 6 heteroatoms. The van der Waals surface area contributed by atoms with Crippen molar-refractivity contribution in [3.8, 4) is 0 Å². The number of hydrogen-bond acceptors (Lipinski definition) is 4. The number of fused-ring (bicyclic) bond motifs is 3. The monoisotopic (exact) mass is 409 g/mol. The molecule has 0 radical (unpaired) electrons. The van der Waals surface area contributed by atoms with E-state index in [1.807, 2.05) is 24.3 Å². The van der Waals surface area contributed by atoms with Gasteiger partial charge in [-0.05, 0) is 56.2 Å². The zero-order valence-electron chi connectivity index (χ0n) is 16.1. The number of benzene rings is 2. The summed E-state index contributed by atoms with van der Waals surface area (Å²) >= 11 is 7.04. The fourth-order valence-corrected chi connectivity index (χ4v) is 5.01. The van der Waals surface area contributed by atoms with E-state index in [9.17, 15) is 4.79 Å². The summed E-state index contributed by atoms with van der Waals surface area (Å²) in [5.41, 5.74) is 3.35. The Morgan fingerprint density at radius 2 is 2.00 bits per heavy atom. The van der Waals surface area contributed by atoms with Crippen molar-refractivity contribution < 1.29 is 0 Å². The molecule has 0 unspecified atom stereocenters. The molecular weight excluding hydrogens is 386 g/mol. The molecule has 0 amide bonds. The number of nitrogens with one attached hydrogen (secondary N) is 1. The first kappa shape index (κ1) is 18.9. The van der Waals surface area contributed by atoms with Crippen molar-refractivity contribution in [1.29, 1.82) is 0 Å². The van der Waals surface area contributed by atoms with Crippen molar-refractivity contribution in [2.45, 2.75) is 26.8 Å². The van der Waals surface area contributed by atoms with Gasteiger partial charge in [-0.2, -0.15) is 0 Å². The topological polar surface area (TPSA) is 41.0 Å². The molecule has 0 aliphatic rings. The molecule has 28 heavy (non-hydrogen) atoms. The van der Waals surface area contributed by atoms with Gasteiger partial charge in [0.1, 0.15) is 4.70 Å². The zero-order chi connectivity index (χ0) is 19.7. The maximum atomic E-state index is 13.1. The summed E-state index contributed by atoms with van der Waals surface area (Å²) in [6, 6.07) is 16.6. The predicted molar refractivity (Wildman–Crippen MR) is 122 cm³/mol. The Morgan fingerprint density at radius 1 is 1.18 bits per heavy atom. The summed E-state index contributed by atoms with van der Waals surface area (Å²) in [7, 11) is 0. The second-order valence-corrected chi connectivity index (χ2v) is 8.40. The molecule has 4 rings (SSSR count). The molecule has 0 spiro atoms. The maximum absolute atomic E-state index is 13.1. The average Bonchev–Trinajstić information content (AvgIpc) is 3.06. The lowest BCUT2D eigenvalue weighted by Crippen LogP contribution is -2.27. The lowest BCUT2D eigenvalue weighted by Gasteiger charge is -2.23. The first-order chi connectivity index (χ1) is 13.6. The predicted octanol–water partition coefficient (Wildman–Crippen LogP) is 5.50. The van der Waals surface area contributed by atoms with Crippen LogP contribution in [0.1, 0.15) is 18.9 Å². The molecule has 4 nitrogen and oxygen atoms in total. The molecule has 0 atom stereocenters. The third-order valence-electron chi connectivity index (χ3n) is 5.07. The Bertz CT molecular complexity index is 1250. The smallest absolute Gasteiger partial charge is 0.272 e. The number of nitrogens with zero attached hydrogens (tertiary/aromatic N) is 2. The van der Waals surface area contributed by atoms with E-state index in [0.717, 1.165) is 39.8 Å². The Balaban J connectivity index is 1.59.